The lowest BCUT2D eigenvalue weighted by molar-refractivity contribution is -0.137. The first-order chi connectivity index (χ1) is 12.3. The van der Waals surface area contributed by atoms with Gasteiger partial charge in [-0.1, -0.05) is 24.3 Å². The van der Waals surface area contributed by atoms with Crippen LogP contribution in [0.15, 0.2) is 57.7 Å². The second-order valence-electron chi connectivity index (χ2n) is 5.72. The molecule has 0 atom stereocenters. The Bertz CT molecular complexity index is 972. The monoisotopic (exact) mass is 364 g/mol. The Labute approximate surface area is 146 Å². The van der Waals surface area contributed by atoms with E-state index in [2.05, 4.69) is 5.32 Å². The number of hydrogen-bond acceptors (Lipinski definition) is 3. The highest BCUT2D eigenvalue weighted by Crippen LogP contribution is 2.29. The van der Waals surface area contributed by atoms with Crippen LogP contribution in [0.3, 0.4) is 0 Å². The van der Waals surface area contributed by atoms with Gasteiger partial charge in [0, 0.05) is 6.54 Å². The molecule has 0 bridgehead atoms. The van der Waals surface area contributed by atoms with Crippen LogP contribution in [-0.2, 0) is 23.9 Å². The van der Waals surface area contributed by atoms with Gasteiger partial charge < -0.3 is 9.73 Å². The van der Waals surface area contributed by atoms with Crippen molar-refractivity contribution < 1.29 is 22.4 Å². The van der Waals surface area contributed by atoms with Crippen molar-refractivity contribution in [2.24, 2.45) is 0 Å². The first-order valence-electron chi connectivity index (χ1n) is 7.86. The zero-order chi connectivity index (χ0) is 18.7. The number of hydrogen-bond donors (Lipinski definition) is 1. The molecule has 8 heteroatoms. The summed E-state index contributed by atoms with van der Waals surface area (Å²) < 4.78 is 43.8. The van der Waals surface area contributed by atoms with Gasteiger partial charge >= 0.3 is 11.9 Å². The van der Waals surface area contributed by atoms with Crippen molar-refractivity contribution in [3.8, 4) is 0 Å². The number of amides is 1. The van der Waals surface area contributed by atoms with Crippen LogP contribution in [-0.4, -0.2) is 17.0 Å². The molecule has 0 spiro atoms. The Morgan fingerprint density at radius 3 is 2.46 bits per heavy atom. The fraction of sp³-hybridized carbons (Fsp3) is 0.222. The predicted molar refractivity (Wildman–Crippen MR) is 88.6 cm³/mol. The van der Waals surface area contributed by atoms with Crippen molar-refractivity contribution in [1.29, 1.82) is 0 Å². The Hall–Kier alpha value is -3.03. The van der Waals surface area contributed by atoms with Gasteiger partial charge in [-0.25, -0.2) is 4.79 Å². The van der Waals surface area contributed by atoms with Crippen molar-refractivity contribution in [3.05, 3.63) is 70.2 Å². The summed E-state index contributed by atoms with van der Waals surface area (Å²) in [7, 11) is 0. The van der Waals surface area contributed by atoms with E-state index in [1.165, 1.54) is 16.7 Å². The van der Waals surface area contributed by atoms with Crippen LogP contribution < -0.4 is 11.1 Å². The summed E-state index contributed by atoms with van der Waals surface area (Å²) in [5, 5.41) is 2.64. The summed E-state index contributed by atoms with van der Waals surface area (Å²) in [6.45, 7) is 0.0532. The lowest BCUT2D eigenvalue weighted by atomic mass is 10.1. The number of benzene rings is 2. The van der Waals surface area contributed by atoms with Crippen LogP contribution in [0, 0.1) is 0 Å². The number of fused-ring (bicyclic) bond motifs is 1. The number of carbonyl (C=O) groups is 1. The fourth-order valence-corrected chi connectivity index (χ4v) is 2.57. The molecule has 1 amide bonds. The average molecular weight is 364 g/mol. The van der Waals surface area contributed by atoms with E-state index in [9.17, 15) is 22.8 Å². The van der Waals surface area contributed by atoms with Crippen LogP contribution in [0.5, 0.6) is 0 Å². The molecule has 136 valence electrons. The average Bonchev–Trinajstić information content (AvgIpc) is 2.90. The number of halogens is 3. The van der Waals surface area contributed by atoms with Gasteiger partial charge in [0.15, 0.2) is 5.58 Å². The Morgan fingerprint density at radius 2 is 1.77 bits per heavy atom. The molecular weight excluding hydrogens is 349 g/mol. The second kappa shape index (κ2) is 7.07. The molecule has 0 aliphatic heterocycles. The molecular formula is C18H15F3N2O3. The summed E-state index contributed by atoms with van der Waals surface area (Å²) in [6, 6.07) is 11.5. The molecule has 1 aromatic heterocycles. The summed E-state index contributed by atoms with van der Waals surface area (Å²) in [5.41, 5.74) is 0.881. The van der Waals surface area contributed by atoms with Crippen molar-refractivity contribution in [1.82, 2.24) is 9.88 Å². The third kappa shape index (κ3) is 3.96. The summed E-state index contributed by atoms with van der Waals surface area (Å²) >= 11 is 0. The van der Waals surface area contributed by atoms with Gasteiger partial charge in [-0.2, -0.15) is 13.2 Å². The van der Waals surface area contributed by atoms with Gasteiger partial charge in [-0.15, -0.1) is 0 Å². The summed E-state index contributed by atoms with van der Waals surface area (Å²) in [4.78, 5) is 23.8. The zero-order valence-electron chi connectivity index (χ0n) is 13.5. The van der Waals surface area contributed by atoms with E-state index < -0.39 is 17.5 Å². The SMILES string of the molecule is O=C(Cn1c(=O)oc2ccccc21)NCCc1ccc(C(F)(F)F)cc1. The number of para-hydroxylation sites is 2. The molecule has 1 heterocycles. The molecule has 3 rings (SSSR count). The Morgan fingerprint density at radius 1 is 1.08 bits per heavy atom. The normalized spacial score (nSPS) is 11.7. The van der Waals surface area contributed by atoms with Crippen molar-refractivity contribution in [2.75, 3.05) is 6.54 Å². The maximum Gasteiger partial charge on any atom is 0.420 e. The van der Waals surface area contributed by atoms with Crippen molar-refractivity contribution in [3.63, 3.8) is 0 Å². The summed E-state index contributed by atoms with van der Waals surface area (Å²) in [6.07, 6.45) is -3.99. The minimum absolute atomic E-state index is 0.192. The van der Waals surface area contributed by atoms with E-state index in [4.69, 9.17) is 4.42 Å². The third-order valence-electron chi connectivity index (χ3n) is 3.89. The van der Waals surface area contributed by atoms with E-state index in [0.717, 1.165) is 12.1 Å². The zero-order valence-corrected chi connectivity index (χ0v) is 13.5. The fourth-order valence-electron chi connectivity index (χ4n) is 2.57. The molecule has 2 aromatic carbocycles. The lowest BCUT2D eigenvalue weighted by Gasteiger charge is -2.08. The first-order valence-corrected chi connectivity index (χ1v) is 7.86. The van der Waals surface area contributed by atoms with Gasteiger partial charge in [-0.3, -0.25) is 9.36 Å². The maximum absolute atomic E-state index is 12.5. The van der Waals surface area contributed by atoms with Gasteiger partial charge in [0.1, 0.15) is 6.54 Å². The van der Waals surface area contributed by atoms with Crippen LogP contribution in [0.4, 0.5) is 13.2 Å². The third-order valence-corrected chi connectivity index (χ3v) is 3.89. The van der Waals surface area contributed by atoms with E-state index in [1.54, 1.807) is 24.3 Å². The molecule has 0 unspecified atom stereocenters. The molecule has 3 aromatic rings. The minimum Gasteiger partial charge on any atom is -0.408 e. The maximum atomic E-state index is 12.5. The topological polar surface area (TPSA) is 64.2 Å². The Kier molecular flexibility index (Phi) is 4.83. The quantitative estimate of drug-likeness (QED) is 0.757. The van der Waals surface area contributed by atoms with Crippen molar-refractivity contribution in [2.45, 2.75) is 19.1 Å². The molecule has 0 aliphatic carbocycles. The molecule has 5 nitrogen and oxygen atoms in total. The molecule has 0 saturated heterocycles. The first kappa shape index (κ1) is 17.8. The highest BCUT2D eigenvalue weighted by molar-refractivity contribution is 5.79. The number of carbonyl (C=O) groups excluding carboxylic acids is 1. The molecule has 0 aliphatic rings. The van der Waals surface area contributed by atoms with Gasteiger partial charge in [0.2, 0.25) is 5.91 Å². The molecule has 26 heavy (non-hydrogen) atoms. The van der Waals surface area contributed by atoms with Crippen LogP contribution >= 0.6 is 0 Å². The number of rotatable bonds is 5. The van der Waals surface area contributed by atoms with Crippen LogP contribution in [0.25, 0.3) is 11.1 Å². The highest BCUT2D eigenvalue weighted by atomic mass is 19.4. The van der Waals surface area contributed by atoms with Crippen molar-refractivity contribution >= 4 is 17.0 Å². The number of nitrogens with zero attached hydrogens (tertiary/aromatic N) is 1. The molecule has 0 fully saturated rings. The molecule has 0 radical (unpaired) electrons. The van der Waals surface area contributed by atoms with Crippen LogP contribution in [0.1, 0.15) is 11.1 Å². The van der Waals surface area contributed by atoms with Crippen LogP contribution in [0.2, 0.25) is 0 Å². The predicted octanol–water partition coefficient (Wildman–Crippen LogP) is 2.97. The Balaban J connectivity index is 1.56. The number of alkyl halides is 3. The van der Waals surface area contributed by atoms with E-state index >= 15 is 0 Å². The minimum atomic E-state index is -4.37. The standard InChI is InChI=1S/C18H15F3N2O3/c19-18(20,21)13-7-5-12(6-8-13)9-10-22-16(24)11-23-14-3-1-2-4-15(14)26-17(23)25/h1-8H,9-11H2,(H,22,24). The number of oxazole rings is 1. The van der Waals surface area contributed by atoms with Gasteiger partial charge in [0.25, 0.3) is 0 Å². The van der Waals surface area contributed by atoms with Gasteiger partial charge in [-0.05, 0) is 36.2 Å². The summed E-state index contributed by atoms with van der Waals surface area (Å²) in [5.74, 6) is -1.00. The number of aromatic nitrogens is 1. The lowest BCUT2D eigenvalue weighted by Crippen LogP contribution is -2.32. The van der Waals surface area contributed by atoms with E-state index in [0.29, 0.717) is 23.1 Å². The highest BCUT2D eigenvalue weighted by Gasteiger charge is 2.29. The van der Waals surface area contributed by atoms with Gasteiger partial charge in [0.05, 0.1) is 11.1 Å². The molecule has 0 saturated carbocycles. The van der Waals surface area contributed by atoms with E-state index in [1.807, 2.05) is 0 Å². The van der Waals surface area contributed by atoms with E-state index in [-0.39, 0.29) is 19.0 Å². The molecule has 1 N–H and O–H groups in total. The number of nitrogens with one attached hydrogen (secondary N) is 1. The smallest absolute Gasteiger partial charge is 0.408 e. The second-order valence-corrected chi connectivity index (χ2v) is 5.72. The largest absolute Gasteiger partial charge is 0.420 e.